The molecule has 0 bridgehead atoms. The Hall–Kier alpha value is -3.10. The minimum absolute atomic E-state index is 0.0502. The van der Waals surface area contributed by atoms with Crippen LogP contribution in [0.3, 0.4) is 0 Å². The van der Waals surface area contributed by atoms with Gasteiger partial charge in [-0.3, -0.25) is 10.1 Å². The Morgan fingerprint density at radius 3 is 2.32 bits per heavy atom. The Morgan fingerprint density at radius 1 is 1.03 bits per heavy atom. The minimum Gasteiger partial charge on any atom is -0.496 e. The summed E-state index contributed by atoms with van der Waals surface area (Å²) in [6.45, 7) is 0. The van der Waals surface area contributed by atoms with Crippen LogP contribution in [0.4, 0.5) is 18.9 Å². The van der Waals surface area contributed by atoms with E-state index in [0.29, 0.717) is 27.6 Å². The molecule has 31 heavy (non-hydrogen) atoms. The second kappa shape index (κ2) is 9.36. The van der Waals surface area contributed by atoms with Crippen LogP contribution >= 0.6 is 23.8 Å². The van der Waals surface area contributed by atoms with Crippen molar-refractivity contribution in [1.82, 2.24) is 5.32 Å². The van der Waals surface area contributed by atoms with Gasteiger partial charge >= 0.3 is 6.18 Å². The van der Waals surface area contributed by atoms with Crippen molar-refractivity contribution >= 4 is 40.5 Å². The summed E-state index contributed by atoms with van der Waals surface area (Å²) in [4.78, 5) is 12.3. The fraction of sp³-hybridized carbons (Fsp3) is 0.0909. The van der Waals surface area contributed by atoms with Crippen LogP contribution in [0.2, 0.25) is 5.02 Å². The van der Waals surface area contributed by atoms with E-state index in [9.17, 15) is 18.0 Å². The molecule has 9 heteroatoms. The average Bonchev–Trinajstić information content (AvgIpc) is 2.73. The maximum atomic E-state index is 12.8. The third kappa shape index (κ3) is 5.53. The Labute approximate surface area is 187 Å². The SMILES string of the molecule is COc1cc(NC(=S)NC(=O)c2ccccc2Cl)ccc1-c1ccc(C(F)(F)F)cc1. The van der Waals surface area contributed by atoms with Gasteiger partial charge in [0.1, 0.15) is 5.75 Å². The van der Waals surface area contributed by atoms with Crippen molar-refractivity contribution in [1.29, 1.82) is 0 Å². The number of halogens is 4. The van der Waals surface area contributed by atoms with Crippen LogP contribution in [0.15, 0.2) is 66.7 Å². The largest absolute Gasteiger partial charge is 0.496 e. The second-order valence-corrected chi connectivity index (χ2v) is 7.19. The Balaban J connectivity index is 1.74. The number of thiocarbonyl (C=S) groups is 1. The Bertz CT molecular complexity index is 1120. The molecule has 0 aliphatic rings. The van der Waals surface area contributed by atoms with Crippen molar-refractivity contribution in [2.24, 2.45) is 0 Å². The lowest BCUT2D eigenvalue weighted by molar-refractivity contribution is -0.137. The zero-order valence-electron chi connectivity index (χ0n) is 16.1. The van der Waals surface area contributed by atoms with E-state index >= 15 is 0 Å². The van der Waals surface area contributed by atoms with Crippen molar-refractivity contribution in [3.63, 3.8) is 0 Å². The number of amides is 1. The zero-order chi connectivity index (χ0) is 22.6. The lowest BCUT2D eigenvalue weighted by Gasteiger charge is -2.14. The van der Waals surface area contributed by atoms with Gasteiger partial charge in [-0.1, -0.05) is 35.9 Å². The first-order valence-electron chi connectivity index (χ1n) is 8.91. The van der Waals surface area contributed by atoms with E-state index < -0.39 is 17.6 Å². The fourth-order valence-corrected chi connectivity index (χ4v) is 3.26. The van der Waals surface area contributed by atoms with Gasteiger partial charge in [0, 0.05) is 17.3 Å². The summed E-state index contributed by atoms with van der Waals surface area (Å²) in [6, 6.07) is 16.3. The van der Waals surface area contributed by atoms with Crippen molar-refractivity contribution < 1.29 is 22.7 Å². The Kier molecular flexibility index (Phi) is 6.82. The van der Waals surface area contributed by atoms with Crippen LogP contribution in [0.5, 0.6) is 5.75 Å². The molecule has 0 aliphatic carbocycles. The molecule has 0 spiro atoms. The molecule has 0 aliphatic heterocycles. The normalized spacial score (nSPS) is 11.0. The predicted molar refractivity (Wildman–Crippen MR) is 119 cm³/mol. The fourth-order valence-electron chi connectivity index (χ4n) is 2.82. The topological polar surface area (TPSA) is 50.4 Å². The van der Waals surface area contributed by atoms with E-state index in [1.165, 1.54) is 19.2 Å². The molecule has 2 N–H and O–H groups in total. The second-order valence-electron chi connectivity index (χ2n) is 6.38. The third-order valence-corrected chi connectivity index (χ3v) is 4.86. The number of benzene rings is 3. The molecule has 0 radical (unpaired) electrons. The van der Waals surface area contributed by atoms with Crippen molar-refractivity contribution in [2.75, 3.05) is 12.4 Å². The number of carbonyl (C=O) groups is 1. The van der Waals surface area contributed by atoms with Gasteiger partial charge in [0.15, 0.2) is 5.11 Å². The van der Waals surface area contributed by atoms with Crippen LogP contribution in [0.25, 0.3) is 11.1 Å². The predicted octanol–water partition coefficient (Wildman–Crippen LogP) is 6.16. The molecule has 4 nitrogen and oxygen atoms in total. The summed E-state index contributed by atoms with van der Waals surface area (Å²) in [5.74, 6) is -0.0403. The van der Waals surface area contributed by atoms with Crippen LogP contribution in [0.1, 0.15) is 15.9 Å². The number of nitrogens with one attached hydrogen (secondary N) is 2. The average molecular weight is 465 g/mol. The number of anilines is 1. The number of ether oxygens (including phenoxy) is 1. The lowest BCUT2D eigenvalue weighted by atomic mass is 10.0. The molecule has 0 saturated heterocycles. The highest BCUT2D eigenvalue weighted by Gasteiger charge is 2.30. The summed E-state index contributed by atoms with van der Waals surface area (Å²) in [7, 11) is 1.45. The van der Waals surface area contributed by atoms with Gasteiger partial charge in [-0.05, 0) is 54.2 Å². The van der Waals surface area contributed by atoms with Crippen molar-refractivity contribution in [3.8, 4) is 16.9 Å². The third-order valence-electron chi connectivity index (χ3n) is 4.33. The monoisotopic (exact) mass is 464 g/mol. The summed E-state index contributed by atoms with van der Waals surface area (Å²) >= 11 is 11.2. The molecule has 160 valence electrons. The van der Waals surface area contributed by atoms with Gasteiger partial charge in [-0.15, -0.1) is 0 Å². The first kappa shape index (κ1) is 22.6. The van der Waals surface area contributed by atoms with Gasteiger partial charge in [-0.25, -0.2) is 0 Å². The van der Waals surface area contributed by atoms with Gasteiger partial charge in [0.05, 0.1) is 23.3 Å². The summed E-state index contributed by atoms with van der Waals surface area (Å²) in [5, 5.41) is 5.76. The summed E-state index contributed by atoms with van der Waals surface area (Å²) < 4.78 is 43.7. The van der Waals surface area contributed by atoms with Crippen LogP contribution in [-0.2, 0) is 6.18 Å². The van der Waals surface area contributed by atoms with Gasteiger partial charge in [0.25, 0.3) is 5.91 Å². The molecule has 0 saturated carbocycles. The molecule has 3 rings (SSSR count). The number of rotatable bonds is 4. The number of carbonyl (C=O) groups excluding carboxylic acids is 1. The van der Waals surface area contributed by atoms with E-state index in [2.05, 4.69) is 10.6 Å². The van der Waals surface area contributed by atoms with Crippen LogP contribution in [0, 0.1) is 0 Å². The smallest absolute Gasteiger partial charge is 0.416 e. The summed E-state index contributed by atoms with van der Waals surface area (Å²) in [5.41, 5.74) is 1.24. The number of hydrogen-bond acceptors (Lipinski definition) is 3. The van der Waals surface area contributed by atoms with Gasteiger partial charge in [0.2, 0.25) is 0 Å². The quantitative estimate of drug-likeness (QED) is 0.454. The van der Waals surface area contributed by atoms with Crippen LogP contribution in [-0.4, -0.2) is 18.1 Å². The van der Waals surface area contributed by atoms with Gasteiger partial charge in [-0.2, -0.15) is 13.2 Å². The molecule has 0 aromatic heterocycles. The number of hydrogen-bond donors (Lipinski definition) is 2. The lowest BCUT2D eigenvalue weighted by Crippen LogP contribution is -2.34. The highest BCUT2D eigenvalue weighted by atomic mass is 35.5. The number of alkyl halides is 3. The molecule has 3 aromatic carbocycles. The van der Waals surface area contributed by atoms with E-state index in [4.69, 9.17) is 28.6 Å². The van der Waals surface area contributed by atoms with E-state index in [-0.39, 0.29) is 10.7 Å². The number of methoxy groups -OCH3 is 1. The zero-order valence-corrected chi connectivity index (χ0v) is 17.7. The standard InChI is InChI=1S/C22H16ClF3N2O2S/c1-30-19-12-15(27-21(31)28-20(29)17-4-2-3-5-18(17)23)10-11-16(19)13-6-8-14(9-7-13)22(24,25)26/h2-12H,1H3,(H2,27,28,29,31). The van der Waals surface area contributed by atoms with Gasteiger partial charge < -0.3 is 10.1 Å². The molecule has 0 heterocycles. The molecular formula is C22H16ClF3N2O2S. The minimum atomic E-state index is -4.40. The maximum absolute atomic E-state index is 12.8. The highest BCUT2D eigenvalue weighted by molar-refractivity contribution is 7.80. The first-order valence-corrected chi connectivity index (χ1v) is 9.70. The molecule has 0 fully saturated rings. The molecule has 3 aromatic rings. The van der Waals surface area contributed by atoms with E-state index in [1.807, 2.05) is 0 Å². The molecular weight excluding hydrogens is 449 g/mol. The molecule has 1 amide bonds. The van der Waals surface area contributed by atoms with Crippen LogP contribution < -0.4 is 15.4 Å². The Morgan fingerprint density at radius 2 is 1.71 bits per heavy atom. The summed E-state index contributed by atoms with van der Waals surface area (Å²) in [6.07, 6.45) is -4.40. The van der Waals surface area contributed by atoms with E-state index in [0.717, 1.165) is 12.1 Å². The first-order chi connectivity index (χ1) is 14.7. The highest BCUT2D eigenvalue weighted by Crippen LogP contribution is 2.35. The maximum Gasteiger partial charge on any atom is 0.416 e. The van der Waals surface area contributed by atoms with Crippen molar-refractivity contribution in [2.45, 2.75) is 6.18 Å². The van der Waals surface area contributed by atoms with E-state index in [1.54, 1.807) is 42.5 Å². The molecule has 0 atom stereocenters. The van der Waals surface area contributed by atoms with Crippen molar-refractivity contribution in [3.05, 3.63) is 82.9 Å². The molecule has 0 unspecified atom stereocenters.